The lowest BCUT2D eigenvalue weighted by Crippen LogP contribution is -2.50. The predicted molar refractivity (Wildman–Crippen MR) is 161 cm³/mol. The fourth-order valence-corrected chi connectivity index (χ4v) is 5.32. The third kappa shape index (κ3) is 8.88. The molecule has 1 aliphatic carbocycles. The molecule has 2 aliphatic rings. The van der Waals surface area contributed by atoms with E-state index in [4.69, 9.17) is 14.7 Å². The molecule has 2 fully saturated rings. The van der Waals surface area contributed by atoms with Crippen molar-refractivity contribution in [2.24, 2.45) is 0 Å². The molecule has 2 aromatic carbocycles. The molecule has 0 aromatic heterocycles. The Labute approximate surface area is 250 Å². The second kappa shape index (κ2) is 14.8. The number of piperazine rings is 1. The van der Waals surface area contributed by atoms with Gasteiger partial charge in [0.05, 0.1) is 23.3 Å². The van der Waals surface area contributed by atoms with Gasteiger partial charge < -0.3 is 24.6 Å². The Morgan fingerprint density at radius 3 is 2.33 bits per heavy atom. The minimum absolute atomic E-state index is 0.00279. The number of alkyl halides is 3. The molecule has 1 amide bonds. The molecule has 0 spiro atoms. The number of halogens is 3. The van der Waals surface area contributed by atoms with Crippen LogP contribution in [0.2, 0.25) is 0 Å². The summed E-state index contributed by atoms with van der Waals surface area (Å²) >= 11 is 0. The quantitative estimate of drug-likeness (QED) is 0.306. The highest BCUT2D eigenvalue weighted by atomic mass is 19.4. The fraction of sp³-hybridized carbons (Fsp3) is 0.394. The first-order valence-electron chi connectivity index (χ1n) is 14.4. The molecule has 0 unspecified atom stereocenters. The summed E-state index contributed by atoms with van der Waals surface area (Å²) in [7, 11) is 0. The number of ether oxygens (including phenoxy) is 2. The highest BCUT2D eigenvalue weighted by molar-refractivity contribution is 5.77. The van der Waals surface area contributed by atoms with E-state index in [2.05, 4.69) is 23.4 Å². The number of nitrogens with zero attached hydrogens (tertiary/aromatic N) is 3. The second-order valence-electron chi connectivity index (χ2n) is 10.6. The van der Waals surface area contributed by atoms with E-state index in [-0.39, 0.29) is 24.7 Å². The Bertz CT molecular complexity index is 1330. The molecule has 10 heteroatoms. The van der Waals surface area contributed by atoms with Crippen LogP contribution < -0.4 is 15.0 Å². The maximum Gasteiger partial charge on any atom is 0.417 e. The van der Waals surface area contributed by atoms with Crippen LogP contribution in [0.3, 0.4) is 0 Å². The predicted octanol–water partition coefficient (Wildman–Crippen LogP) is 6.34. The van der Waals surface area contributed by atoms with Crippen molar-refractivity contribution in [3.05, 3.63) is 90.6 Å². The molecule has 1 saturated carbocycles. The van der Waals surface area contributed by atoms with Crippen LogP contribution in [0.15, 0.2) is 79.4 Å². The highest BCUT2D eigenvalue weighted by Gasteiger charge is 2.34. The normalized spacial score (nSPS) is 19.3. The van der Waals surface area contributed by atoms with Crippen LogP contribution in [0, 0.1) is 11.3 Å². The Balaban J connectivity index is 1.16. The molecule has 1 heterocycles. The number of hydrogen-bond donors (Lipinski definition) is 1. The van der Waals surface area contributed by atoms with Gasteiger partial charge in [-0.3, -0.25) is 4.79 Å². The minimum Gasteiger partial charge on any atom is -0.489 e. The minimum atomic E-state index is -4.59. The number of anilines is 2. The first kappa shape index (κ1) is 31.7. The average Bonchev–Trinajstić information content (AvgIpc) is 3.02. The van der Waals surface area contributed by atoms with Gasteiger partial charge in [0.2, 0.25) is 5.91 Å². The van der Waals surface area contributed by atoms with Gasteiger partial charge in [-0.1, -0.05) is 31.4 Å². The molecule has 1 N–H and O–H groups in total. The van der Waals surface area contributed by atoms with Gasteiger partial charge >= 0.3 is 6.18 Å². The third-order valence-corrected chi connectivity index (χ3v) is 7.77. The Kier molecular flexibility index (Phi) is 10.9. The number of amides is 1. The van der Waals surface area contributed by atoms with Gasteiger partial charge in [-0.15, -0.1) is 0 Å². The molecule has 43 heavy (non-hydrogen) atoms. The summed E-state index contributed by atoms with van der Waals surface area (Å²) in [4.78, 5) is 16.9. The van der Waals surface area contributed by atoms with Crippen molar-refractivity contribution in [3.8, 4) is 11.8 Å². The van der Waals surface area contributed by atoms with Gasteiger partial charge in [0, 0.05) is 43.6 Å². The molecule has 0 atom stereocenters. The second-order valence-corrected chi connectivity index (χ2v) is 10.6. The molecule has 228 valence electrons. The summed E-state index contributed by atoms with van der Waals surface area (Å²) in [6, 6.07) is 13.2. The highest BCUT2D eigenvalue weighted by Crippen LogP contribution is 2.34. The molecular weight excluding hydrogens is 557 g/mol. The largest absolute Gasteiger partial charge is 0.489 e. The first-order valence-corrected chi connectivity index (χ1v) is 14.4. The van der Waals surface area contributed by atoms with E-state index in [0.717, 1.165) is 36.2 Å². The van der Waals surface area contributed by atoms with Gasteiger partial charge in [-0.25, -0.2) is 0 Å². The van der Waals surface area contributed by atoms with Gasteiger partial charge in [0.25, 0.3) is 0 Å². The molecule has 4 rings (SSSR count). The van der Waals surface area contributed by atoms with E-state index in [0.29, 0.717) is 51.1 Å². The topological polar surface area (TPSA) is 77.8 Å². The van der Waals surface area contributed by atoms with E-state index in [1.54, 1.807) is 18.2 Å². The SMILES string of the molecule is C=C/C=C(\C=C)COc1ccc(N2CCN(C(=O)COC3CCC(Nc4ccc(C#N)c(C(F)(F)F)c4)CC3)CC2)cc1. The number of nitriles is 1. The van der Waals surface area contributed by atoms with Gasteiger partial charge in [0.1, 0.15) is 19.0 Å². The van der Waals surface area contributed by atoms with Gasteiger partial charge in [0.15, 0.2) is 0 Å². The summed E-state index contributed by atoms with van der Waals surface area (Å²) in [5, 5.41) is 12.1. The van der Waals surface area contributed by atoms with Crippen LogP contribution in [0.5, 0.6) is 5.75 Å². The smallest absolute Gasteiger partial charge is 0.417 e. The zero-order valence-electron chi connectivity index (χ0n) is 24.1. The van der Waals surface area contributed by atoms with E-state index in [1.807, 2.05) is 35.2 Å². The molecule has 0 bridgehead atoms. The molecule has 1 aliphatic heterocycles. The van der Waals surface area contributed by atoms with Crippen molar-refractivity contribution in [3.63, 3.8) is 0 Å². The zero-order valence-corrected chi connectivity index (χ0v) is 24.1. The number of nitrogens with one attached hydrogen (secondary N) is 1. The Morgan fingerprint density at radius 1 is 1.02 bits per heavy atom. The van der Waals surface area contributed by atoms with Crippen molar-refractivity contribution < 1.29 is 27.4 Å². The van der Waals surface area contributed by atoms with E-state index < -0.39 is 17.3 Å². The summed E-state index contributed by atoms with van der Waals surface area (Å²) < 4.78 is 51.6. The molecule has 0 radical (unpaired) electrons. The molecule has 1 saturated heterocycles. The summed E-state index contributed by atoms with van der Waals surface area (Å²) in [5.74, 6) is 0.729. The van der Waals surface area contributed by atoms with Crippen molar-refractivity contribution >= 4 is 17.3 Å². The summed E-state index contributed by atoms with van der Waals surface area (Å²) in [6.45, 7) is 10.6. The number of hydrogen-bond acceptors (Lipinski definition) is 6. The van der Waals surface area contributed by atoms with Crippen molar-refractivity contribution in [1.82, 2.24) is 4.90 Å². The standard InChI is InChI=1S/C33H37F3N4O3/c1-3-5-24(4-2)22-42-30-14-10-28(11-15-30)39-16-18-40(19-17-39)32(41)23-43-29-12-8-26(9-13-29)38-27-7-6-25(21-37)31(20-27)33(34,35)36/h3-7,10-11,14-15,20,26,29,38H,1-2,8-9,12-13,16-19,22-23H2/b24-5+. The van der Waals surface area contributed by atoms with Crippen LogP contribution in [-0.2, 0) is 15.7 Å². The van der Waals surface area contributed by atoms with Gasteiger partial charge in [-0.05, 0) is 73.7 Å². The number of carbonyl (C=O) groups is 1. The molecule has 2 aromatic rings. The van der Waals surface area contributed by atoms with Crippen LogP contribution in [-0.4, -0.2) is 62.3 Å². The van der Waals surface area contributed by atoms with Crippen molar-refractivity contribution in [1.29, 1.82) is 5.26 Å². The molecule has 7 nitrogen and oxygen atoms in total. The lowest BCUT2D eigenvalue weighted by atomic mass is 9.92. The maximum absolute atomic E-state index is 13.3. The van der Waals surface area contributed by atoms with Gasteiger partial charge in [-0.2, -0.15) is 18.4 Å². The average molecular weight is 595 g/mol. The van der Waals surface area contributed by atoms with Crippen molar-refractivity contribution in [2.45, 2.75) is 44.0 Å². The number of benzene rings is 2. The van der Waals surface area contributed by atoms with Crippen LogP contribution in [0.1, 0.15) is 36.8 Å². The van der Waals surface area contributed by atoms with Crippen molar-refractivity contribution in [2.75, 3.05) is 49.6 Å². The monoisotopic (exact) mass is 594 g/mol. The van der Waals surface area contributed by atoms with Crippen LogP contribution >= 0.6 is 0 Å². The van der Waals surface area contributed by atoms with E-state index in [1.165, 1.54) is 12.1 Å². The van der Waals surface area contributed by atoms with E-state index in [9.17, 15) is 18.0 Å². The fourth-order valence-electron chi connectivity index (χ4n) is 5.32. The lowest BCUT2D eigenvalue weighted by molar-refractivity contribution is -0.139. The zero-order chi connectivity index (χ0) is 30.8. The maximum atomic E-state index is 13.3. The molecular formula is C33H37F3N4O3. The lowest BCUT2D eigenvalue weighted by Gasteiger charge is -2.36. The summed E-state index contributed by atoms with van der Waals surface area (Å²) in [6.07, 6.45) is 3.49. The number of rotatable bonds is 11. The third-order valence-electron chi connectivity index (χ3n) is 7.77. The first-order chi connectivity index (χ1) is 20.7. The van der Waals surface area contributed by atoms with Crippen LogP contribution in [0.25, 0.3) is 0 Å². The van der Waals surface area contributed by atoms with Crippen LogP contribution in [0.4, 0.5) is 24.5 Å². The Hall–Kier alpha value is -4.23. The van der Waals surface area contributed by atoms with E-state index >= 15 is 0 Å². The Morgan fingerprint density at radius 2 is 1.72 bits per heavy atom. The number of carbonyl (C=O) groups excluding carboxylic acids is 1. The summed E-state index contributed by atoms with van der Waals surface area (Å²) in [5.41, 5.74) is 1.03. The number of allylic oxidation sites excluding steroid dienone is 2.